The van der Waals surface area contributed by atoms with Crippen molar-refractivity contribution in [2.24, 2.45) is 0 Å². The highest BCUT2D eigenvalue weighted by Crippen LogP contribution is 2.16. The van der Waals surface area contributed by atoms with E-state index in [0.717, 1.165) is 12.2 Å². The van der Waals surface area contributed by atoms with Crippen LogP contribution in [0.25, 0.3) is 0 Å². The van der Waals surface area contributed by atoms with Crippen LogP contribution in [0.4, 0.5) is 0 Å². The molecule has 0 fully saturated rings. The molecule has 0 saturated carbocycles. The molecule has 0 saturated heterocycles. The molecule has 0 aromatic carbocycles. The molecule has 0 aliphatic carbocycles. The molecule has 0 aromatic heterocycles. The van der Waals surface area contributed by atoms with Crippen LogP contribution in [0.5, 0.6) is 0 Å². The Balaban J connectivity index is 4.73. The fraction of sp³-hybridized carbons (Fsp3) is 1.00. The number of sulfonamides is 1. The van der Waals surface area contributed by atoms with Gasteiger partial charge in [0.15, 0.2) is 0 Å². The van der Waals surface area contributed by atoms with Gasteiger partial charge in [-0.15, -0.1) is 11.6 Å². The molecule has 0 aromatic rings. The zero-order valence-electron chi connectivity index (χ0n) is 9.73. The minimum Gasteiger partial charge on any atom is -0.212 e. The monoisotopic (exact) mass is 273 g/mol. The lowest BCUT2D eigenvalue weighted by Gasteiger charge is -2.28. The molecule has 2 atom stereocenters. The summed E-state index contributed by atoms with van der Waals surface area (Å²) in [4.78, 5) is 0. The average molecular weight is 274 g/mol. The van der Waals surface area contributed by atoms with Crippen LogP contribution in [0.2, 0.25) is 0 Å². The molecule has 92 valence electrons. The standard InChI is InChI=1S/C9H20ClNO2S2/c1-5-9(7-14-4)11(3)15(12,13)8(2)6-10/h8-9H,5-7H2,1-4H3. The summed E-state index contributed by atoms with van der Waals surface area (Å²) in [6, 6.07) is 0.0654. The first-order valence-corrected chi connectivity index (χ1v) is 8.36. The second-order valence-corrected chi connectivity index (χ2v) is 7.17. The average Bonchev–Trinajstić information content (AvgIpc) is 2.23. The normalized spacial score (nSPS) is 16.7. The van der Waals surface area contributed by atoms with Crippen LogP contribution in [0.3, 0.4) is 0 Å². The van der Waals surface area contributed by atoms with Crippen LogP contribution in [0, 0.1) is 0 Å². The SMILES string of the molecule is CCC(CSC)N(C)S(=O)(=O)C(C)CCl. The third-order valence-corrected chi connectivity index (χ3v) is 6.12. The highest BCUT2D eigenvalue weighted by Gasteiger charge is 2.29. The quantitative estimate of drug-likeness (QED) is 0.666. The van der Waals surface area contributed by atoms with E-state index in [0.29, 0.717) is 0 Å². The Morgan fingerprint density at radius 1 is 1.47 bits per heavy atom. The molecule has 0 spiro atoms. The summed E-state index contributed by atoms with van der Waals surface area (Å²) in [6.45, 7) is 3.64. The minimum atomic E-state index is -3.23. The van der Waals surface area contributed by atoms with Crippen molar-refractivity contribution < 1.29 is 8.42 Å². The largest absolute Gasteiger partial charge is 0.217 e. The van der Waals surface area contributed by atoms with Crippen LogP contribution in [-0.4, -0.2) is 49.0 Å². The van der Waals surface area contributed by atoms with Gasteiger partial charge in [-0.2, -0.15) is 11.8 Å². The lowest BCUT2D eigenvalue weighted by molar-refractivity contribution is 0.382. The minimum absolute atomic E-state index is 0.0654. The number of rotatable bonds is 7. The highest BCUT2D eigenvalue weighted by molar-refractivity contribution is 7.98. The molecule has 0 heterocycles. The first-order valence-electron chi connectivity index (χ1n) is 4.93. The molecule has 0 aliphatic rings. The second kappa shape index (κ2) is 6.99. The third kappa shape index (κ3) is 4.13. The maximum Gasteiger partial charge on any atom is 0.217 e. The van der Waals surface area contributed by atoms with Crippen LogP contribution in [-0.2, 0) is 10.0 Å². The van der Waals surface area contributed by atoms with Crippen LogP contribution < -0.4 is 0 Å². The molecule has 2 unspecified atom stereocenters. The Morgan fingerprint density at radius 3 is 2.33 bits per heavy atom. The summed E-state index contributed by atoms with van der Waals surface area (Å²) in [6.07, 6.45) is 2.81. The van der Waals surface area contributed by atoms with Gasteiger partial charge in [0.1, 0.15) is 0 Å². The number of hydrogen-bond donors (Lipinski definition) is 0. The van der Waals surface area contributed by atoms with Gasteiger partial charge < -0.3 is 0 Å². The fourth-order valence-corrected chi connectivity index (χ4v) is 4.03. The van der Waals surface area contributed by atoms with Gasteiger partial charge >= 0.3 is 0 Å². The first kappa shape index (κ1) is 15.6. The first-order chi connectivity index (χ1) is 6.91. The molecule has 15 heavy (non-hydrogen) atoms. The van der Waals surface area contributed by atoms with Gasteiger partial charge in [-0.05, 0) is 19.6 Å². The van der Waals surface area contributed by atoms with Gasteiger partial charge in [0.25, 0.3) is 0 Å². The number of halogens is 1. The zero-order chi connectivity index (χ0) is 12.1. The Hall–Kier alpha value is 0.550. The maximum atomic E-state index is 12.0. The summed E-state index contributed by atoms with van der Waals surface area (Å²) in [5.41, 5.74) is 0. The van der Waals surface area contributed by atoms with Gasteiger partial charge in [-0.3, -0.25) is 0 Å². The van der Waals surface area contributed by atoms with E-state index in [9.17, 15) is 8.42 Å². The Kier molecular flexibility index (Phi) is 7.25. The molecule has 0 rings (SSSR count). The molecule has 0 radical (unpaired) electrons. The van der Waals surface area contributed by atoms with Crippen LogP contribution >= 0.6 is 23.4 Å². The summed E-state index contributed by atoms with van der Waals surface area (Å²) in [5.74, 6) is 0.962. The summed E-state index contributed by atoms with van der Waals surface area (Å²) < 4.78 is 25.4. The van der Waals surface area contributed by atoms with E-state index in [1.165, 1.54) is 4.31 Å². The molecular weight excluding hydrogens is 254 g/mol. The molecule has 3 nitrogen and oxygen atoms in total. The van der Waals surface area contributed by atoms with Crippen LogP contribution in [0.15, 0.2) is 0 Å². The van der Waals surface area contributed by atoms with E-state index in [2.05, 4.69) is 0 Å². The van der Waals surface area contributed by atoms with Crippen molar-refractivity contribution >= 4 is 33.4 Å². The molecular formula is C9H20ClNO2S2. The van der Waals surface area contributed by atoms with E-state index in [-0.39, 0.29) is 11.9 Å². The zero-order valence-corrected chi connectivity index (χ0v) is 12.1. The molecule has 0 aliphatic heterocycles. The summed E-state index contributed by atoms with van der Waals surface area (Å²) in [5, 5.41) is -0.514. The van der Waals surface area contributed by atoms with Crippen molar-refractivity contribution in [3.05, 3.63) is 0 Å². The Bertz CT molecular complexity index is 269. The van der Waals surface area contributed by atoms with E-state index in [1.807, 2.05) is 13.2 Å². The van der Waals surface area contributed by atoms with Gasteiger partial charge in [-0.25, -0.2) is 12.7 Å². The van der Waals surface area contributed by atoms with E-state index < -0.39 is 15.3 Å². The predicted molar refractivity (Wildman–Crippen MR) is 69.3 cm³/mol. The van der Waals surface area contributed by atoms with Gasteiger partial charge in [-0.1, -0.05) is 6.92 Å². The molecule has 6 heteroatoms. The Labute approximate surface area is 103 Å². The van der Waals surface area contributed by atoms with Crippen molar-refractivity contribution in [1.29, 1.82) is 0 Å². The molecule has 0 bridgehead atoms. The van der Waals surface area contributed by atoms with Gasteiger partial charge in [0, 0.05) is 24.7 Å². The molecule has 0 amide bonds. The smallest absolute Gasteiger partial charge is 0.212 e. The van der Waals surface area contributed by atoms with Crippen molar-refractivity contribution in [2.45, 2.75) is 31.6 Å². The maximum absolute atomic E-state index is 12.0. The Morgan fingerprint density at radius 2 is 2.00 bits per heavy atom. The molecule has 0 N–H and O–H groups in total. The van der Waals surface area contributed by atoms with Crippen molar-refractivity contribution in [3.63, 3.8) is 0 Å². The number of hydrogen-bond acceptors (Lipinski definition) is 3. The highest BCUT2D eigenvalue weighted by atomic mass is 35.5. The van der Waals surface area contributed by atoms with Crippen molar-refractivity contribution in [1.82, 2.24) is 4.31 Å². The number of thioether (sulfide) groups is 1. The van der Waals surface area contributed by atoms with Crippen molar-refractivity contribution in [2.75, 3.05) is 24.9 Å². The number of alkyl halides is 1. The van der Waals surface area contributed by atoms with Gasteiger partial charge in [0.2, 0.25) is 10.0 Å². The van der Waals surface area contributed by atoms with Crippen LogP contribution in [0.1, 0.15) is 20.3 Å². The van der Waals surface area contributed by atoms with Gasteiger partial charge in [0.05, 0.1) is 5.25 Å². The van der Waals surface area contributed by atoms with E-state index in [1.54, 1.807) is 25.7 Å². The fourth-order valence-electron chi connectivity index (χ4n) is 1.24. The van der Waals surface area contributed by atoms with E-state index >= 15 is 0 Å². The lowest BCUT2D eigenvalue weighted by atomic mass is 10.3. The topological polar surface area (TPSA) is 37.4 Å². The predicted octanol–water partition coefficient (Wildman–Crippen LogP) is 2.02. The van der Waals surface area contributed by atoms with Crippen molar-refractivity contribution in [3.8, 4) is 0 Å². The second-order valence-electron chi connectivity index (χ2n) is 3.54. The summed E-state index contributed by atoms with van der Waals surface area (Å²) in [7, 11) is -1.59. The lowest BCUT2D eigenvalue weighted by Crippen LogP contribution is -2.43. The third-order valence-electron chi connectivity index (χ3n) is 2.47. The number of nitrogens with zero attached hydrogens (tertiary/aromatic N) is 1. The summed E-state index contributed by atoms with van der Waals surface area (Å²) >= 11 is 7.25. The van der Waals surface area contributed by atoms with E-state index in [4.69, 9.17) is 11.6 Å².